The minimum atomic E-state index is -3.60. The second kappa shape index (κ2) is 5.92. The highest BCUT2D eigenvalue weighted by molar-refractivity contribution is 7.89. The van der Waals surface area contributed by atoms with Crippen molar-refractivity contribution < 1.29 is 8.42 Å². The third-order valence-electron chi connectivity index (χ3n) is 3.98. The van der Waals surface area contributed by atoms with Crippen molar-refractivity contribution in [3.05, 3.63) is 23.2 Å². The van der Waals surface area contributed by atoms with Crippen molar-refractivity contribution in [2.45, 2.75) is 44.0 Å². The van der Waals surface area contributed by atoms with Gasteiger partial charge in [-0.2, -0.15) is 0 Å². The van der Waals surface area contributed by atoms with Gasteiger partial charge in [0.25, 0.3) is 0 Å². The molecule has 3 atom stereocenters. The molecule has 0 spiro atoms. The lowest BCUT2D eigenvalue weighted by atomic mass is 9.80. The van der Waals surface area contributed by atoms with E-state index >= 15 is 0 Å². The number of nitrogens with one attached hydrogen (secondary N) is 1. The smallest absolute Gasteiger partial charge is 0.242 e. The second-order valence-corrected chi connectivity index (χ2v) is 7.90. The van der Waals surface area contributed by atoms with Gasteiger partial charge < -0.3 is 5.73 Å². The van der Waals surface area contributed by atoms with Gasteiger partial charge in [-0.15, -0.1) is 0 Å². The van der Waals surface area contributed by atoms with Crippen molar-refractivity contribution >= 4 is 27.3 Å². The quantitative estimate of drug-likeness (QED) is 0.842. The SMILES string of the molecule is CC1CCC(NS(=O)(=O)c2ccc(N)cc2Cl)C(C)C1. The number of anilines is 1. The summed E-state index contributed by atoms with van der Waals surface area (Å²) in [6.45, 7) is 4.30. The van der Waals surface area contributed by atoms with Gasteiger partial charge in [0.05, 0.1) is 5.02 Å². The fourth-order valence-corrected chi connectivity index (χ4v) is 4.77. The molecule has 2 rings (SSSR count). The van der Waals surface area contributed by atoms with Crippen LogP contribution in [0.4, 0.5) is 5.69 Å². The zero-order valence-electron chi connectivity index (χ0n) is 11.8. The molecule has 0 amide bonds. The molecule has 3 unspecified atom stereocenters. The number of rotatable bonds is 3. The number of benzene rings is 1. The van der Waals surface area contributed by atoms with Crippen LogP contribution in [0.15, 0.2) is 23.1 Å². The van der Waals surface area contributed by atoms with Crippen molar-refractivity contribution in [3.63, 3.8) is 0 Å². The van der Waals surface area contributed by atoms with Gasteiger partial charge in [0.1, 0.15) is 4.90 Å². The van der Waals surface area contributed by atoms with Gasteiger partial charge in [-0.3, -0.25) is 0 Å². The Kier molecular flexibility index (Phi) is 4.62. The van der Waals surface area contributed by atoms with Crippen LogP contribution in [0.2, 0.25) is 5.02 Å². The van der Waals surface area contributed by atoms with Crippen LogP contribution in [0.5, 0.6) is 0 Å². The first kappa shape index (κ1) is 15.6. The fourth-order valence-electron chi connectivity index (χ4n) is 2.84. The summed E-state index contributed by atoms with van der Waals surface area (Å²) in [5, 5.41) is 0.161. The molecule has 1 fully saturated rings. The molecule has 0 heterocycles. The van der Waals surface area contributed by atoms with Gasteiger partial charge in [-0.05, 0) is 49.3 Å². The summed E-state index contributed by atoms with van der Waals surface area (Å²) < 4.78 is 27.6. The minimum Gasteiger partial charge on any atom is -0.399 e. The lowest BCUT2D eigenvalue weighted by Gasteiger charge is -2.32. The predicted octanol–water partition coefficient (Wildman–Crippen LogP) is 3.03. The van der Waals surface area contributed by atoms with Crippen molar-refractivity contribution in [2.24, 2.45) is 11.8 Å². The number of hydrogen-bond donors (Lipinski definition) is 2. The average molecular weight is 317 g/mol. The van der Waals surface area contributed by atoms with Crippen LogP contribution in [0.25, 0.3) is 0 Å². The third kappa shape index (κ3) is 3.45. The molecule has 0 bridgehead atoms. The highest BCUT2D eigenvalue weighted by atomic mass is 35.5. The van der Waals surface area contributed by atoms with E-state index in [-0.39, 0.29) is 16.0 Å². The largest absolute Gasteiger partial charge is 0.399 e. The fraction of sp³-hybridized carbons (Fsp3) is 0.571. The molecule has 0 aromatic heterocycles. The van der Waals surface area contributed by atoms with Crippen molar-refractivity contribution in [2.75, 3.05) is 5.73 Å². The van der Waals surface area contributed by atoms with E-state index in [1.54, 1.807) is 6.07 Å². The molecule has 1 aliphatic carbocycles. The highest BCUT2D eigenvalue weighted by Crippen LogP contribution is 2.30. The van der Waals surface area contributed by atoms with Crippen LogP contribution in [-0.4, -0.2) is 14.5 Å². The number of nitrogens with two attached hydrogens (primary N) is 1. The third-order valence-corrected chi connectivity index (χ3v) is 5.96. The van der Waals surface area contributed by atoms with Crippen LogP contribution in [0, 0.1) is 11.8 Å². The van der Waals surface area contributed by atoms with Crippen LogP contribution in [-0.2, 0) is 10.0 Å². The minimum absolute atomic E-state index is 0.0233. The predicted molar refractivity (Wildman–Crippen MR) is 82.2 cm³/mol. The molecular formula is C14H21ClN2O2S. The van der Waals surface area contributed by atoms with Gasteiger partial charge >= 0.3 is 0 Å². The maximum absolute atomic E-state index is 12.4. The van der Waals surface area contributed by atoms with E-state index < -0.39 is 10.0 Å². The first-order chi connectivity index (χ1) is 9.29. The summed E-state index contributed by atoms with van der Waals surface area (Å²) in [6.07, 6.45) is 2.96. The molecule has 0 aliphatic heterocycles. The standard InChI is InChI=1S/C14H21ClN2O2S/c1-9-3-5-13(10(2)7-9)17-20(18,19)14-6-4-11(16)8-12(14)15/h4,6,8-10,13,17H,3,5,7,16H2,1-2H3. The normalized spacial score (nSPS) is 27.4. The van der Waals surface area contributed by atoms with E-state index in [0.29, 0.717) is 17.5 Å². The van der Waals surface area contributed by atoms with Crippen molar-refractivity contribution in [1.82, 2.24) is 4.72 Å². The van der Waals surface area contributed by atoms with E-state index in [4.69, 9.17) is 17.3 Å². The lowest BCUT2D eigenvalue weighted by Crippen LogP contribution is -2.42. The maximum Gasteiger partial charge on any atom is 0.242 e. The first-order valence-electron chi connectivity index (χ1n) is 6.87. The van der Waals surface area contributed by atoms with Gasteiger partial charge in [0.2, 0.25) is 10.0 Å². The summed E-state index contributed by atoms with van der Waals surface area (Å²) in [5.41, 5.74) is 6.05. The van der Waals surface area contributed by atoms with Crippen LogP contribution < -0.4 is 10.5 Å². The monoisotopic (exact) mass is 316 g/mol. The first-order valence-corrected chi connectivity index (χ1v) is 8.73. The Hall–Kier alpha value is -0.780. The Balaban J connectivity index is 2.19. The van der Waals surface area contributed by atoms with Crippen LogP contribution >= 0.6 is 11.6 Å². The molecular weight excluding hydrogens is 296 g/mol. The summed E-state index contributed by atoms with van der Waals surface area (Å²) in [6, 6.07) is 4.44. The molecule has 1 aromatic carbocycles. The van der Waals surface area contributed by atoms with E-state index in [1.807, 2.05) is 0 Å². The van der Waals surface area contributed by atoms with Gasteiger partial charge in [-0.1, -0.05) is 25.4 Å². The molecule has 0 radical (unpaired) electrons. The molecule has 4 nitrogen and oxygen atoms in total. The Morgan fingerprint density at radius 2 is 2.00 bits per heavy atom. The van der Waals surface area contributed by atoms with Crippen molar-refractivity contribution in [3.8, 4) is 0 Å². The molecule has 1 aromatic rings. The molecule has 1 aliphatic rings. The second-order valence-electron chi connectivity index (χ2n) is 5.81. The Morgan fingerprint density at radius 3 is 2.60 bits per heavy atom. The highest BCUT2D eigenvalue weighted by Gasteiger charge is 2.30. The van der Waals surface area contributed by atoms with E-state index in [1.165, 1.54) is 12.1 Å². The van der Waals surface area contributed by atoms with Crippen LogP contribution in [0.1, 0.15) is 33.1 Å². The molecule has 112 valence electrons. The van der Waals surface area contributed by atoms with Crippen LogP contribution in [0.3, 0.4) is 0 Å². The van der Waals surface area contributed by atoms with Gasteiger partial charge in [-0.25, -0.2) is 13.1 Å². The number of hydrogen-bond acceptors (Lipinski definition) is 3. The van der Waals surface area contributed by atoms with E-state index in [0.717, 1.165) is 19.3 Å². The zero-order valence-corrected chi connectivity index (χ0v) is 13.3. The molecule has 1 saturated carbocycles. The van der Waals surface area contributed by atoms with E-state index in [2.05, 4.69) is 18.6 Å². The maximum atomic E-state index is 12.4. The molecule has 0 saturated heterocycles. The molecule has 3 N–H and O–H groups in total. The molecule has 20 heavy (non-hydrogen) atoms. The number of sulfonamides is 1. The number of nitrogen functional groups attached to an aromatic ring is 1. The lowest BCUT2D eigenvalue weighted by molar-refractivity contribution is 0.249. The summed E-state index contributed by atoms with van der Waals surface area (Å²) in [7, 11) is -3.60. The van der Waals surface area contributed by atoms with Gasteiger partial charge in [0, 0.05) is 11.7 Å². The summed E-state index contributed by atoms with van der Waals surface area (Å²) in [5.74, 6) is 0.993. The summed E-state index contributed by atoms with van der Waals surface area (Å²) in [4.78, 5) is 0.0965. The number of halogens is 1. The van der Waals surface area contributed by atoms with E-state index in [9.17, 15) is 8.42 Å². The Bertz CT molecular complexity index is 589. The van der Waals surface area contributed by atoms with Gasteiger partial charge in [0.15, 0.2) is 0 Å². The Labute approximate surface area is 125 Å². The Morgan fingerprint density at radius 1 is 1.30 bits per heavy atom. The van der Waals surface area contributed by atoms with Crippen molar-refractivity contribution in [1.29, 1.82) is 0 Å². The topological polar surface area (TPSA) is 72.2 Å². The zero-order chi connectivity index (χ0) is 14.9. The molecule has 6 heteroatoms. The average Bonchev–Trinajstić information content (AvgIpc) is 2.32. The summed E-state index contributed by atoms with van der Waals surface area (Å²) >= 11 is 5.99.